The van der Waals surface area contributed by atoms with E-state index in [4.69, 9.17) is 4.74 Å². The number of aliphatic carboxylic acids is 1. The lowest BCUT2D eigenvalue weighted by Gasteiger charge is -2.15. The number of halogens is 2. The molecule has 1 unspecified atom stereocenters. The largest absolute Gasteiger partial charge is 0.481 e. The Balaban J connectivity index is 1.33. The highest BCUT2D eigenvalue weighted by Crippen LogP contribution is 2.49. The van der Waals surface area contributed by atoms with Crippen LogP contribution in [0.3, 0.4) is 0 Å². The van der Waals surface area contributed by atoms with Gasteiger partial charge in [-0.1, -0.05) is 54.6 Å². The molecule has 9 heteroatoms. The SMILES string of the molecule is CC(OC(=O)Nc1c(F)cnn1-c1ccc(-c2ccc(C3(C(=O)O)CC3)c(F)c2)cc1)c1ccccc1. The van der Waals surface area contributed by atoms with Crippen molar-refractivity contribution >= 4 is 17.9 Å². The fourth-order valence-corrected chi connectivity index (χ4v) is 4.32. The molecule has 0 saturated heterocycles. The highest BCUT2D eigenvalue weighted by atomic mass is 19.1. The third-order valence-electron chi connectivity index (χ3n) is 6.59. The summed E-state index contributed by atoms with van der Waals surface area (Å²) in [5.74, 6) is -2.50. The number of aromatic nitrogens is 2. The number of nitrogens with zero attached hydrogens (tertiary/aromatic N) is 2. The molecule has 2 N–H and O–H groups in total. The second-order valence-corrected chi connectivity index (χ2v) is 8.96. The number of ether oxygens (including phenoxy) is 1. The van der Waals surface area contributed by atoms with Gasteiger partial charge in [-0.15, -0.1) is 0 Å². The molecule has 5 rings (SSSR count). The van der Waals surface area contributed by atoms with Crippen LogP contribution in [0.2, 0.25) is 0 Å². The summed E-state index contributed by atoms with van der Waals surface area (Å²) in [4.78, 5) is 24.0. The molecule has 7 nitrogen and oxygen atoms in total. The van der Waals surface area contributed by atoms with E-state index < -0.39 is 35.2 Å². The second kappa shape index (κ2) is 9.50. The molecule has 3 aromatic carbocycles. The number of rotatable bonds is 7. The van der Waals surface area contributed by atoms with E-state index in [-0.39, 0.29) is 11.4 Å². The minimum absolute atomic E-state index is 0.184. The molecule has 0 bridgehead atoms. The smallest absolute Gasteiger partial charge is 0.413 e. The number of carboxylic acids is 1. The quantitative estimate of drug-likeness (QED) is 0.311. The van der Waals surface area contributed by atoms with Gasteiger partial charge in [0, 0.05) is 5.56 Å². The van der Waals surface area contributed by atoms with Crippen LogP contribution < -0.4 is 5.32 Å². The van der Waals surface area contributed by atoms with Crippen molar-refractivity contribution in [2.45, 2.75) is 31.3 Å². The van der Waals surface area contributed by atoms with Crippen LogP contribution in [0.4, 0.5) is 19.4 Å². The molecule has 0 radical (unpaired) electrons. The van der Waals surface area contributed by atoms with Crippen molar-refractivity contribution in [3.05, 3.63) is 102 Å². The Labute approximate surface area is 211 Å². The fourth-order valence-electron chi connectivity index (χ4n) is 4.32. The van der Waals surface area contributed by atoms with Crippen LogP contribution in [-0.4, -0.2) is 26.9 Å². The number of carbonyl (C=O) groups excluding carboxylic acids is 1. The molecular formula is C28H23F2N3O4. The van der Waals surface area contributed by atoms with Crippen LogP contribution in [0.15, 0.2) is 79.0 Å². The summed E-state index contributed by atoms with van der Waals surface area (Å²) in [6.07, 6.45) is 0.441. The Kier molecular flexibility index (Phi) is 6.20. The monoisotopic (exact) mass is 503 g/mol. The molecule has 1 atom stereocenters. The highest BCUT2D eigenvalue weighted by molar-refractivity contribution is 5.85. The molecular weight excluding hydrogens is 480 g/mol. The molecule has 0 aliphatic heterocycles. The zero-order valence-corrected chi connectivity index (χ0v) is 19.8. The Hall–Kier alpha value is -4.53. The Bertz CT molecular complexity index is 1460. The average Bonchev–Trinajstić information content (AvgIpc) is 3.63. The van der Waals surface area contributed by atoms with E-state index in [0.717, 1.165) is 11.8 Å². The third-order valence-corrected chi connectivity index (χ3v) is 6.59. The molecule has 0 spiro atoms. The lowest BCUT2D eigenvalue weighted by molar-refractivity contribution is -0.140. The van der Waals surface area contributed by atoms with Gasteiger partial charge in [-0.05, 0) is 54.7 Å². The highest BCUT2D eigenvalue weighted by Gasteiger charge is 2.53. The maximum absolute atomic E-state index is 14.8. The summed E-state index contributed by atoms with van der Waals surface area (Å²) in [6.45, 7) is 1.71. The first-order chi connectivity index (χ1) is 17.8. The molecule has 1 fully saturated rings. The number of carbonyl (C=O) groups is 2. The second-order valence-electron chi connectivity index (χ2n) is 8.96. The van der Waals surface area contributed by atoms with Gasteiger partial charge < -0.3 is 9.84 Å². The topological polar surface area (TPSA) is 93.5 Å². The number of amides is 1. The summed E-state index contributed by atoms with van der Waals surface area (Å²) in [5.41, 5.74) is 1.56. The maximum Gasteiger partial charge on any atom is 0.413 e. The first-order valence-corrected chi connectivity index (χ1v) is 11.7. The van der Waals surface area contributed by atoms with Crippen LogP contribution in [0.1, 0.15) is 37.0 Å². The molecule has 1 aliphatic carbocycles. The summed E-state index contributed by atoms with van der Waals surface area (Å²) in [5, 5.41) is 15.9. The van der Waals surface area contributed by atoms with Crippen molar-refractivity contribution in [3.8, 4) is 16.8 Å². The van der Waals surface area contributed by atoms with Crippen LogP contribution in [0, 0.1) is 11.6 Å². The molecule has 1 aromatic heterocycles. The maximum atomic E-state index is 14.8. The van der Waals surface area contributed by atoms with E-state index in [0.29, 0.717) is 29.7 Å². The van der Waals surface area contributed by atoms with Crippen LogP contribution in [0.5, 0.6) is 0 Å². The van der Waals surface area contributed by atoms with E-state index in [9.17, 15) is 23.5 Å². The van der Waals surface area contributed by atoms with Crippen molar-refractivity contribution in [2.24, 2.45) is 0 Å². The van der Waals surface area contributed by atoms with E-state index in [1.807, 2.05) is 30.3 Å². The van der Waals surface area contributed by atoms with Gasteiger partial charge in [0.25, 0.3) is 0 Å². The van der Waals surface area contributed by atoms with Gasteiger partial charge in [0.1, 0.15) is 11.9 Å². The standard InChI is InChI=1S/C28H23F2N3O4/c1-17(18-5-3-2-4-6-18)37-27(36)32-25-24(30)16-31-33(25)21-10-7-19(8-11-21)20-9-12-22(23(29)15-20)28(13-14-28)26(34)35/h2-12,15-17H,13-14H2,1H3,(H,32,36)(H,34,35). The van der Waals surface area contributed by atoms with Crippen molar-refractivity contribution in [3.63, 3.8) is 0 Å². The summed E-state index contributed by atoms with van der Waals surface area (Å²) >= 11 is 0. The third kappa shape index (κ3) is 4.67. The zero-order chi connectivity index (χ0) is 26.2. The molecule has 1 aliphatic rings. The fraction of sp³-hybridized carbons (Fsp3) is 0.179. The summed E-state index contributed by atoms with van der Waals surface area (Å²) < 4.78 is 35.8. The van der Waals surface area contributed by atoms with Crippen molar-refractivity contribution in [1.82, 2.24) is 9.78 Å². The number of hydrogen-bond acceptors (Lipinski definition) is 4. The van der Waals surface area contributed by atoms with E-state index in [1.54, 1.807) is 37.3 Å². The first-order valence-electron chi connectivity index (χ1n) is 11.7. The predicted octanol–water partition coefficient (Wildman–Crippen LogP) is 6.24. The predicted molar refractivity (Wildman–Crippen MR) is 132 cm³/mol. The molecule has 1 heterocycles. The number of nitrogens with one attached hydrogen (secondary N) is 1. The number of carboxylic acid groups (broad SMARTS) is 1. The first kappa shape index (κ1) is 24.2. The van der Waals surface area contributed by atoms with E-state index >= 15 is 0 Å². The van der Waals surface area contributed by atoms with E-state index in [2.05, 4.69) is 10.4 Å². The van der Waals surface area contributed by atoms with Gasteiger partial charge in [-0.3, -0.25) is 10.1 Å². The average molecular weight is 504 g/mol. The number of anilines is 1. The minimum Gasteiger partial charge on any atom is -0.481 e. The summed E-state index contributed by atoms with van der Waals surface area (Å²) in [6, 6.07) is 20.4. The van der Waals surface area contributed by atoms with Crippen LogP contribution in [0.25, 0.3) is 16.8 Å². The Morgan fingerprint density at radius 3 is 2.30 bits per heavy atom. The molecule has 1 saturated carbocycles. The lowest BCUT2D eigenvalue weighted by atomic mass is 9.93. The summed E-state index contributed by atoms with van der Waals surface area (Å²) in [7, 11) is 0. The van der Waals surface area contributed by atoms with Gasteiger partial charge in [-0.2, -0.15) is 5.10 Å². The van der Waals surface area contributed by atoms with Crippen molar-refractivity contribution < 1.29 is 28.2 Å². The minimum atomic E-state index is -1.12. The lowest BCUT2D eigenvalue weighted by Crippen LogP contribution is -2.20. The van der Waals surface area contributed by atoms with Gasteiger partial charge >= 0.3 is 12.1 Å². The van der Waals surface area contributed by atoms with Crippen molar-refractivity contribution in [2.75, 3.05) is 5.32 Å². The number of benzene rings is 3. The molecule has 37 heavy (non-hydrogen) atoms. The van der Waals surface area contributed by atoms with E-state index in [1.165, 1.54) is 16.8 Å². The number of hydrogen-bond donors (Lipinski definition) is 2. The van der Waals surface area contributed by atoms with Gasteiger partial charge in [0.2, 0.25) is 0 Å². The van der Waals surface area contributed by atoms with Gasteiger partial charge in [0.05, 0.1) is 17.3 Å². The zero-order valence-electron chi connectivity index (χ0n) is 19.8. The van der Waals surface area contributed by atoms with Gasteiger partial charge in [0.15, 0.2) is 11.6 Å². The van der Waals surface area contributed by atoms with Crippen LogP contribution >= 0.6 is 0 Å². The van der Waals surface area contributed by atoms with Crippen LogP contribution in [-0.2, 0) is 14.9 Å². The Morgan fingerprint density at radius 1 is 1.00 bits per heavy atom. The molecule has 4 aromatic rings. The van der Waals surface area contributed by atoms with Crippen molar-refractivity contribution in [1.29, 1.82) is 0 Å². The molecule has 1 amide bonds. The van der Waals surface area contributed by atoms with Gasteiger partial charge in [-0.25, -0.2) is 18.3 Å². The normalized spacial score (nSPS) is 14.6. The Morgan fingerprint density at radius 2 is 1.68 bits per heavy atom. The molecule has 188 valence electrons.